The van der Waals surface area contributed by atoms with Gasteiger partial charge in [0.25, 0.3) is 0 Å². The van der Waals surface area contributed by atoms with Gasteiger partial charge >= 0.3 is 5.97 Å². The van der Waals surface area contributed by atoms with E-state index in [1.54, 1.807) is 25.1 Å². The Hall–Kier alpha value is -2.28. The lowest BCUT2D eigenvalue weighted by molar-refractivity contribution is -0.137. The van der Waals surface area contributed by atoms with Crippen molar-refractivity contribution in [3.63, 3.8) is 0 Å². The molecule has 19 heavy (non-hydrogen) atoms. The Labute approximate surface area is 113 Å². The molecule has 1 rings (SSSR count). The van der Waals surface area contributed by atoms with Crippen LogP contribution in [-0.4, -0.2) is 19.2 Å². The summed E-state index contributed by atoms with van der Waals surface area (Å²) in [5, 5.41) is 8.85. The molecule has 0 fully saturated rings. The molecule has 0 unspecified atom stereocenters. The zero-order valence-electron chi connectivity index (χ0n) is 11.4. The summed E-state index contributed by atoms with van der Waals surface area (Å²) in [5.74, 6) is 0.367. The SMILES string of the molecule is CCOC(=O)/C=C/COc1c(C)cc(C#N)cc1C. The van der Waals surface area contributed by atoms with E-state index in [0.717, 1.165) is 16.9 Å². The fourth-order valence-electron chi connectivity index (χ4n) is 1.71. The van der Waals surface area contributed by atoms with Crippen LogP contribution in [0.2, 0.25) is 0 Å². The summed E-state index contributed by atoms with van der Waals surface area (Å²) >= 11 is 0. The second kappa shape index (κ2) is 7.22. The van der Waals surface area contributed by atoms with Gasteiger partial charge in [0.05, 0.1) is 18.2 Å². The highest BCUT2D eigenvalue weighted by molar-refractivity contribution is 5.81. The molecule has 0 saturated carbocycles. The van der Waals surface area contributed by atoms with Gasteiger partial charge in [-0.05, 0) is 50.1 Å². The number of carbonyl (C=O) groups is 1. The number of rotatable bonds is 5. The topological polar surface area (TPSA) is 59.3 Å². The second-order valence-corrected chi connectivity index (χ2v) is 4.02. The Kier molecular flexibility index (Phi) is 5.62. The van der Waals surface area contributed by atoms with E-state index in [4.69, 9.17) is 14.7 Å². The zero-order valence-corrected chi connectivity index (χ0v) is 11.4. The first kappa shape index (κ1) is 14.8. The fourth-order valence-corrected chi connectivity index (χ4v) is 1.71. The number of ether oxygens (including phenoxy) is 2. The lowest BCUT2D eigenvalue weighted by Gasteiger charge is -2.10. The van der Waals surface area contributed by atoms with E-state index in [1.807, 2.05) is 13.8 Å². The standard InChI is InChI=1S/C15H17NO3/c1-4-18-14(17)6-5-7-19-15-11(2)8-13(10-16)9-12(15)3/h5-6,8-9H,4,7H2,1-3H3/b6-5+. The van der Waals surface area contributed by atoms with Gasteiger partial charge in [0.2, 0.25) is 0 Å². The second-order valence-electron chi connectivity index (χ2n) is 4.02. The Bertz CT molecular complexity index is 504. The highest BCUT2D eigenvalue weighted by atomic mass is 16.5. The van der Waals surface area contributed by atoms with E-state index in [1.165, 1.54) is 6.08 Å². The predicted octanol–water partition coefficient (Wildman–Crippen LogP) is 2.67. The lowest BCUT2D eigenvalue weighted by Crippen LogP contribution is -2.02. The van der Waals surface area contributed by atoms with Gasteiger partial charge in [-0.3, -0.25) is 0 Å². The van der Waals surface area contributed by atoms with Gasteiger partial charge in [0.1, 0.15) is 12.4 Å². The number of esters is 1. The predicted molar refractivity (Wildman–Crippen MR) is 71.9 cm³/mol. The maximum Gasteiger partial charge on any atom is 0.330 e. The number of aryl methyl sites for hydroxylation is 2. The average Bonchev–Trinajstić information content (AvgIpc) is 2.37. The van der Waals surface area contributed by atoms with Crippen molar-refractivity contribution < 1.29 is 14.3 Å². The number of benzene rings is 1. The number of nitrogens with zero attached hydrogens (tertiary/aromatic N) is 1. The minimum atomic E-state index is -0.376. The highest BCUT2D eigenvalue weighted by Crippen LogP contribution is 2.24. The van der Waals surface area contributed by atoms with E-state index in [9.17, 15) is 4.79 Å². The highest BCUT2D eigenvalue weighted by Gasteiger charge is 2.05. The summed E-state index contributed by atoms with van der Waals surface area (Å²) in [6, 6.07) is 5.65. The summed E-state index contributed by atoms with van der Waals surface area (Å²) in [7, 11) is 0. The zero-order chi connectivity index (χ0) is 14.3. The molecule has 0 heterocycles. The van der Waals surface area contributed by atoms with Crippen LogP contribution in [0.5, 0.6) is 5.75 Å². The molecular weight excluding hydrogens is 242 g/mol. The average molecular weight is 259 g/mol. The van der Waals surface area contributed by atoms with E-state index >= 15 is 0 Å². The molecule has 4 nitrogen and oxygen atoms in total. The molecule has 0 aliphatic rings. The first-order valence-electron chi connectivity index (χ1n) is 6.06. The third kappa shape index (κ3) is 4.47. The van der Waals surface area contributed by atoms with E-state index in [-0.39, 0.29) is 12.6 Å². The molecule has 4 heteroatoms. The van der Waals surface area contributed by atoms with Crippen molar-refractivity contribution in [1.29, 1.82) is 5.26 Å². The number of hydrogen-bond acceptors (Lipinski definition) is 4. The third-order valence-corrected chi connectivity index (χ3v) is 2.45. The first-order valence-corrected chi connectivity index (χ1v) is 6.06. The molecule has 0 aromatic heterocycles. The number of carbonyl (C=O) groups excluding carboxylic acids is 1. The Balaban J connectivity index is 2.64. The van der Waals surface area contributed by atoms with Crippen molar-refractivity contribution in [3.05, 3.63) is 41.0 Å². The summed E-state index contributed by atoms with van der Waals surface area (Å²) in [6.07, 6.45) is 2.95. The van der Waals surface area contributed by atoms with Crippen LogP contribution in [0.3, 0.4) is 0 Å². The van der Waals surface area contributed by atoms with E-state index in [2.05, 4.69) is 6.07 Å². The molecule has 0 bridgehead atoms. The number of hydrogen-bond donors (Lipinski definition) is 0. The fraction of sp³-hybridized carbons (Fsp3) is 0.333. The van der Waals surface area contributed by atoms with E-state index < -0.39 is 0 Å². The maximum atomic E-state index is 11.1. The molecule has 0 aliphatic heterocycles. The molecule has 0 aliphatic carbocycles. The molecule has 0 N–H and O–H groups in total. The van der Waals surface area contributed by atoms with Gasteiger partial charge in [0, 0.05) is 6.08 Å². The molecule has 100 valence electrons. The van der Waals surface area contributed by atoms with Crippen molar-refractivity contribution >= 4 is 5.97 Å². The summed E-state index contributed by atoms with van der Waals surface area (Å²) in [5.41, 5.74) is 2.42. The van der Waals surface area contributed by atoms with Gasteiger partial charge in [-0.25, -0.2) is 4.79 Å². The number of nitriles is 1. The van der Waals surface area contributed by atoms with Gasteiger partial charge in [-0.15, -0.1) is 0 Å². The monoisotopic (exact) mass is 259 g/mol. The molecule has 0 radical (unpaired) electrons. The molecule has 0 spiro atoms. The van der Waals surface area contributed by atoms with Crippen LogP contribution in [0, 0.1) is 25.2 Å². The molecule has 0 saturated heterocycles. The third-order valence-electron chi connectivity index (χ3n) is 2.45. The first-order chi connectivity index (χ1) is 9.08. The molecular formula is C15H17NO3. The van der Waals surface area contributed by atoms with Crippen LogP contribution in [0.4, 0.5) is 0 Å². The van der Waals surface area contributed by atoms with Crippen LogP contribution in [-0.2, 0) is 9.53 Å². The quantitative estimate of drug-likeness (QED) is 0.602. The van der Waals surface area contributed by atoms with Crippen molar-refractivity contribution in [2.24, 2.45) is 0 Å². The molecule has 0 atom stereocenters. The minimum absolute atomic E-state index is 0.284. The van der Waals surface area contributed by atoms with Gasteiger partial charge < -0.3 is 9.47 Å². The Morgan fingerprint density at radius 1 is 1.37 bits per heavy atom. The van der Waals surface area contributed by atoms with Crippen LogP contribution in [0.1, 0.15) is 23.6 Å². The van der Waals surface area contributed by atoms with E-state index in [0.29, 0.717) is 12.2 Å². The van der Waals surface area contributed by atoms with Crippen molar-refractivity contribution in [1.82, 2.24) is 0 Å². The largest absolute Gasteiger partial charge is 0.489 e. The van der Waals surface area contributed by atoms with Crippen LogP contribution < -0.4 is 4.74 Å². The van der Waals surface area contributed by atoms with Gasteiger partial charge in [-0.2, -0.15) is 5.26 Å². The lowest BCUT2D eigenvalue weighted by atomic mass is 10.1. The summed E-state index contributed by atoms with van der Waals surface area (Å²) in [4.78, 5) is 11.1. The summed E-state index contributed by atoms with van der Waals surface area (Å²) in [6.45, 7) is 6.17. The van der Waals surface area contributed by atoms with Crippen LogP contribution in [0.25, 0.3) is 0 Å². The van der Waals surface area contributed by atoms with Gasteiger partial charge in [-0.1, -0.05) is 0 Å². The Morgan fingerprint density at radius 2 is 2.00 bits per heavy atom. The summed E-state index contributed by atoms with van der Waals surface area (Å²) < 4.78 is 10.3. The van der Waals surface area contributed by atoms with Crippen molar-refractivity contribution in [2.45, 2.75) is 20.8 Å². The molecule has 0 amide bonds. The van der Waals surface area contributed by atoms with Crippen molar-refractivity contribution in [2.75, 3.05) is 13.2 Å². The van der Waals surface area contributed by atoms with Gasteiger partial charge in [0.15, 0.2) is 0 Å². The normalized spacial score (nSPS) is 10.2. The Morgan fingerprint density at radius 3 is 2.53 bits per heavy atom. The smallest absolute Gasteiger partial charge is 0.330 e. The van der Waals surface area contributed by atoms with Crippen LogP contribution >= 0.6 is 0 Å². The van der Waals surface area contributed by atoms with Crippen molar-refractivity contribution in [3.8, 4) is 11.8 Å². The minimum Gasteiger partial charge on any atom is -0.489 e. The van der Waals surface area contributed by atoms with Crippen LogP contribution in [0.15, 0.2) is 24.3 Å². The molecule has 1 aromatic rings. The maximum absolute atomic E-state index is 11.1. The molecule has 1 aromatic carbocycles.